The van der Waals surface area contributed by atoms with Crippen molar-refractivity contribution in [1.82, 2.24) is 20.2 Å². The minimum absolute atomic E-state index is 0.236. The van der Waals surface area contributed by atoms with Crippen LogP contribution in [0.1, 0.15) is 36.6 Å². The van der Waals surface area contributed by atoms with E-state index in [4.69, 9.17) is 9.47 Å². The van der Waals surface area contributed by atoms with Crippen molar-refractivity contribution in [2.75, 3.05) is 39.9 Å². The molecule has 0 aliphatic heterocycles. The Labute approximate surface area is 180 Å². The Kier molecular flexibility index (Phi) is 10.00. The first-order valence-corrected chi connectivity index (χ1v) is 10.7. The SMILES string of the molecule is CCN(CC)C[C@@H](O)COc1ccc(CNCCc2nc(C)cc(C)n2)cc1OC. The predicted octanol–water partition coefficient (Wildman–Crippen LogP) is 2.52. The summed E-state index contributed by atoms with van der Waals surface area (Å²) in [6.45, 7) is 12.3. The van der Waals surface area contributed by atoms with Crippen LogP contribution < -0.4 is 14.8 Å². The summed E-state index contributed by atoms with van der Waals surface area (Å²) in [5.74, 6) is 2.18. The number of methoxy groups -OCH3 is 1. The number of nitrogens with zero attached hydrogens (tertiary/aromatic N) is 3. The number of hydrogen-bond acceptors (Lipinski definition) is 7. The Bertz CT molecular complexity index is 761. The Hall–Kier alpha value is -2.22. The molecule has 0 aliphatic carbocycles. The first-order chi connectivity index (χ1) is 14.4. The van der Waals surface area contributed by atoms with Gasteiger partial charge in [-0.05, 0) is 50.7 Å². The second kappa shape index (κ2) is 12.5. The van der Waals surface area contributed by atoms with Crippen molar-refractivity contribution in [1.29, 1.82) is 0 Å². The summed E-state index contributed by atoms with van der Waals surface area (Å²) in [5, 5.41) is 13.6. The van der Waals surface area contributed by atoms with E-state index in [0.29, 0.717) is 24.6 Å². The molecule has 2 aromatic rings. The normalized spacial score (nSPS) is 12.2. The highest BCUT2D eigenvalue weighted by Crippen LogP contribution is 2.28. The number of nitrogens with one attached hydrogen (secondary N) is 1. The first-order valence-electron chi connectivity index (χ1n) is 10.7. The van der Waals surface area contributed by atoms with Gasteiger partial charge < -0.3 is 24.8 Å². The predicted molar refractivity (Wildman–Crippen MR) is 119 cm³/mol. The number of aliphatic hydroxyl groups excluding tert-OH is 1. The van der Waals surface area contributed by atoms with Crippen LogP contribution in [0.4, 0.5) is 0 Å². The number of likely N-dealkylation sites (N-methyl/N-ethyl adjacent to an activating group) is 1. The van der Waals surface area contributed by atoms with Crippen LogP contribution in [0.25, 0.3) is 0 Å². The lowest BCUT2D eigenvalue weighted by Gasteiger charge is -2.22. The Balaban J connectivity index is 1.82. The Morgan fingerprint density at radius 2 is 1.77 bits per heavy atom. The molecule has 2 N–H and O–H groups in total. The summed E-state index contributed by atoms with van der Waals surface area (Å²) in [6, 6.07) is 7.85. The van der Waals surface area contributed by atoms with Gasteiger partial charge >= 0.3 is 0 Å². The quantitative estimate of drug-likeness (QED) is 0.486. The summed E-state index contributed by atoms with van der Waals surface area (Å²) in [5.41, 5.74) is 3.10. The van der Waals surface area contributed by atoms with Gasteiger partial charge in [-0.3, -0.25) is 0 Å². The molecule has 0 radical (unpaired) electrons. The van der Waals surface area contributed by atoms with E-state index in [1.807, 2.05) is 38.1 Å². The molecule has 1 aromatic carbocycles. The van der Waals surface area contributed by atoms with Crippen LogP contribution in [0, 0.1) is 13.8 Å². The molecule has 1 heterocycles. The van der Waals surface area contributed by atoms with Gasteiger partial charge in [-0.15, -0.1) is 0 Å². The van der Waals surface area contributed by atoms with Crippen LogP contribution in [0.3, 0.4) is 0 Å². The van der Waals surface area contributed by atoms with E-state index in [9.17, 15) is 5.11 Å². The molecule has 1 atom stereocenters. The van der Waals surface area contributed by atoms with Gasteiger partial charge in [-0.25, -0.2) is 9.97 Å². The molecule has 166 valence electrons. The molecule has 0 unspecified atom stereocenters. The number of benzene rings is 1. The van der Waals surface area contributed by atoms with E-state index in [1.54, 1.807) is 7.11 Å². The van der Waals surface area contributed by atoms with E-state index in [0.717, 1.165) is 48.8 Å². The molecule has 0 bridgehead atoms. The monoisotopic (exact) mass is 416 g/mol. The molecule has 7 nitrogen and oxygen atoms in total. The molecule has 7 heteroatoms. The molecule has 0 fully saturated rings. The zero-order valence-electron chi connectivity index (χ0n) is 18.9. The topological polar surface area (TPSA) is 79.7 Å². The van der Waals surface area contributed by atoms with Crippen molar-refractivity contribution < 1.29 is 14.6 Å². The molecular formula is C23H36N4O3. The maximum Gasteiger partial charge on any atom is 0.161 e. The molecule has 2 rings (SSSR count). The maximum atomic E-state index is 10.2. The maximum absolute atomic E-state index is 10.2. The summed E-state index contributed by atoms with van der Waals surface area (Å²) >= 11 is 0. The average Bonchev–Trinajstić information content (AvgIpc) is 2.73. The highest BCUT2D eigenvalue weighted by Gasteiger charge is 2.12. The van der Waals surface area contributed by atoms with Crippen molar-refractivity contribution in [2.45, 2.75) is 46.8 Å². The van der Waals surface area contributed by atoms with Crippen molar-refractivity contribution in [3.63, 3.8) is 0 Å². The Morgan fingerprint density at radius 1 is 1.07 bits per heavy atom. The summed E-state index contributed by atoms with van der Waals surface area (Å²) < 4.78 is 11.3. The number of aromatic nitrogens is 2. The number of hydrogen-bond donors (Lipinski definition) is 2. The second-order valence-corrected chi connectivity index (χ2v) is 7.43. The molecule has 0 aliphatic rings. The third-order valence-electron chi connectivity index (χ3n) is 4.91. The van der Waals surface area contributed by atoms with Gasteiger partial charge in [0, 0.05) is 37.4 Å². The van der Waals surface area contributed by atoms with Crippen LogP contribution >= 0.6 is 0 Å². The van der Waals surface area contributed by atoms with E-state index >= 15 is 0 Å². The van der Waals surface area contributed by atoms with Crippen LogP contribution in [-0.2, 0) is 13.0 Å². The summed E-state index contributed by atoms with van der Waals surface area (Å²) in [7, 11) is 1.63. The zero-order valence-corrected chi connectivity index (χ0v) is 18.9. The van der Waals surface area contributed by atoms with Crippen molar-refractivity contribution in [3.8, 4) is 11.5 Å². The van der Waals surface area contributed by atoms with Crippen LogP contribution in [0.15, 0.2) is 24.3 Å². The van der Waals surface area contributed by atoms with Crippen molar-refractivity contribution in [3.05, 3.63) is 47.0 Å². The van der Waals surface area contributed by atoms with Gasteiger partial charge in [-0.2, -0.15) is 0 Å². The van der Waals surface area contributed by atoms with E-state index in [2.05, 4.69) is 34.0 Å². The zero-order chi connectivity index (χ0) is 21.9. The van der Waals surface area contributed by atoms with E-state index in [-0.39, 0.29) is 6.61 Å². The molecule has 0 saturated heterocycles. The standard InChI is InChI=1S/C23H36N4O3/c1-6-27(7-2)15-20(28)16-30-21-9-8-19(13-22(21)29-5)14-24-11-10-23-25-17(3)12-18(4)26-23/h8-9,12-13,20,24,28H,6-7,10-11,14-16H2,1-5H3/t20-/m1/s1. The second-order valence-electron chi connectivity index (χ2n) is 7.43. The molecule has 0 spiro atoms. The van der Waals surface area contributed by atoms with E-state index < -0.39 is 6.10 Å². The molecule has 30 heavy (non-hydrogen) atoms. The highest BCUT2D eigenvalue weighted by atomic mass is 16.5. The first kappa shape index (κ1) is 24.1. The van der Waals surface area contributed by atoms with Gasteiger partial charge in [0.05, 0.1) is 7.11 Å². The fourth-order valence-electron chi connectivity index (χ4n) is 3.30. The smallest absolute Gasteiger partial charge is 0.161 e. The lowest BCUT2D eigenvalue weighted by molar-refractivity contribution is 0.0705. The third kappa shape index (κ3) is 7.89. The fourth-order valence-corrected chi connectivity index (χ4v) is 3.30. The average molecular weight is 417 g/mol. The largest absolute Gasteiger partial charge is 0.493 e. The van der Waals surface area contributed by atoms with Crippen molar-refractivity contribution in [2.24, 2.45) is 0 Å². The summed E-state index contributed by atoms with van der Waals surface area (Å²) in [4.78, 5) is 11.1. The number of aryl methyl sites for hydroxylation is 2. The lowest BCUT2D eigenvalue weighted by atomic mass is 10.2. The van der Waals surface area contributed by atoms with Gasteiger partial charge in [0.2, 0.25) is 0 Å². The van der Waals surface area contributed by atoms with Gasteiger partial charge in [-0.1, -0.05) is 19.9 Å². The van der Waals surface area contributed by atoms with Crippen molar-refractivity contribution >= 4 is 0 Å². The van der Waals surface area contributed by atoms with Crippen LogP contribution in [0.5, 0.6) is 11.5 Å². The van der Waals surface area contributed by atoms with E-state index in [1.165, 1.54) is 0 Å². The number of aliphatic hydroxyl groups is 1. The van der Waals surface area contributed by atoms with Gasteiger partial charge in [0.1, 0.15) is 18.5 Å². The molecular weight excluding hydrogens is 380 g/mol. The van der Waals surface area contributed by atoms with Crippen LogP contribution in [0.2, 0.25) is 0 Å². The Morgan fingerprint density at radius 3 is 2.40 bits per heavy atom. The number of ether oxygens (including phenoxy) is 2. The number of rotatable bonds is 13. The highest BCUT2D eigenvalue weighted by molar-refractivity contribution is 5.43. The molecule has 0 amide bonds. The van der Waals surface area contributed by atoms with Gasteiger partial charge in [0.25, 0.3) is 0 Å². The minimum atomic E-state index is -0.538. The minimum Gasteiger partial charge on any atom is -0.493 e. The third-order valence-corrected chi connectivity index (χ3v) is 4.91. The van der Waals surface area contributed by atoms with Crippen LogP contribution in [-0.4, -0.2) is 66.0 Å². The summed E-state index contributed by atoms with van der Waals surface area (Å²) in [6.07, 6.45) is 0.245. The van der Waals surface area contributed by atoms with Gasteiger partial charge in [0.15, 0.2) is 11.5 Å². The fraction of sp³-hybridized carbons (Fsp3) is 0.565. The molecule has 0 saturated carbocycles. The molecule has 1 aromatic heterocycles. The lowest BCUT2D eigenvalue weighted by Crippen LogP contribution is -2.35.